The van der Waals surface area contributed by atoms with Gasteiger partial charge in [0.1, 0.15) is 5.57 Å². The predicted octanol–water partition coefficient (Wildman–Crippen LogP) is 4.39. The summed E-state index contributed by atoms with van der Waals surface area (Å²) in [6.45, 7) is 5.37. The van der Waals surface area contributed by atoms with E-state index in [1.807, 2.05) is 4.57 Å². The van der Waals surface area contributed by atoms with Crippen LogP contribution in [0.5, 0.6) is 5.88 Å². The summed E-state index contributed by atoms with van der Waals surface area (Å²) >= 11 is 5.54. The number of hydrogen-bond acceptors (Lipinski definition) is 6. The molecule has 170 valence electrons. The smallest absolute Gasteiger partial charge is 0.348 e. The monoisotopic (exact) mass is 447 g/mol. The van der Waals surface area contributed by atoms with Gasteiger partial charge in [-0.3, -0.25) is 0 Å². The minimum atomic E-state index is -1.10. The van der Waals surface area contributed by atoms with Crippen molar-refractivity contribution in [3.63, 3.8) is 0 Å². The zero-order valence-electron chi connectivity index (χ0n) is 18.4. The average molecular weight is 448 g/mol. The van der Waals surface area contributed by atoms with Crippen LogP contribution in [0.4, 0.5) is 0 Å². The van der Waals surface area contributed by atoms with Gasteiger partial charge in [-0.15, -0.1) is 0 Å². The lowest BCUT2D eigenvalue weighted by Gasteiger charge is -2.38. The van der Waals surface area contributed by atoms with E-state index in [0.717, 1.165) is 44.9 Å². The van der Waals surface area contributed by atoms with Gasteiger partial charge in [-0.1, -0.05) is 39.2 Å². The molecule has 1 spiro atoms. The zero-order valence-corrected chi connectivity index (χ0v) is 19.2. The lowest BCUT2D eigenvalue weighted by atomic mass is 9.93. The van der Waals surface area contributed by atoms with Gasteiger partial charge in [0.15, 0.2) is 4.77 Å². The van der Waals surface area contributed by atoms with Crippen molar-refractivity contribution in [2.75, 3.05) is 0 Å². The molecule has 7 nitrogen and oxygen atoms in total. The maximum Gasteiger partial charge on any atom is 0.348 e. The van der Waals surface area contributed by atoms with Crippen molar-refractivity contribution in [1.29, 1.82) is 0 Å². The number of unbranched alkanes of at least 4 members (excludes halogenated alkanes) is 2. The Morgan fingerprint density at radius 2 is 1.58 bits per heavy atom. The van der Waals surface area contributed by atoms with Crippen LogP contribution in [0, 0.1) is 4.77 Å². The first-order chi connectivity index (χ1) is 14.9. The molecule has 0 N–H and O–H groups in total. The molecule has 2 fully saturated rings. The molecule has 2 aliphatic rings. The van der Waals surface area contributed by atoms with Gasteiger partial charge in [0.2, 0.25) is 0 Å². The Balaban J connectivity index is 1.83. The minimum absolute atomic E-state index is 0.154. The number of imidazole rings is 1. The van der Waals surface area contributed by atoms with Crippen molar-refractivity contribution < 1.29 is 24.2 Å². The summed E-state index contributed by atoms with van der Waals surface area (Å²) in [4.78, 5) is 24.9. The lowest BCUT2D eigenvalue weighted by molar-refractivity contribution is -0.279. The number of hydrogen-bond donors (Lipinski definition) is 0. The van der Waals surface area contributed by atoms with E-state index in [2.05, 4.69) is 13.8 Å². The summed E-state index contributed by atoms with van der Waals surface area (Å²) in [7, 11) is 0. The highest BCUT2D eigenvalue weighted by molar-refractivity contribution is 7.71. The molecule has 0 atom stereocenters. The third kappa shape index (κ3) is 5.11. The Bertz CT molecular complexity index is 912. The molecular formula is C23H31N2O5S-. The summed E-state index contributed by atoms with van der Waals surface area (Å²) in [5.41, 5.74) is 0.289. The maximum atomic E-state index is 12.9. The van der Waals surface area contributed by atoms with Crippen molar-refractivity contribution in [1.82, 2.24) is 9.13 Å². The molecule has 1 aromatic heterocycles. The predicted molar refractivity (Wildman–Crippen MR) is 118 cm³/mol. The van der Waals surface area contributed by atoms with Gasteiger partial charge in [0.25, 0.3) is 5.79 Å². The molecule has 1 aliphatic heterocycles. The standard InChI is InChI=1S/C23H32N2O5S/c1-3-5-15-24-18(19(26)25(22(24)31)16-6-4-2)12-10-11-17-20(27)29-23(30-21(17)28)13-8-7-9-14-23/h10-12,26H,3-9,13-16H2,1-2H3/p-1/b12-10+. The largest absolute Gasteiger partial charge is 0.859 e. The fourth-order valence-corrected chi connectivity index (χ4v) is 4.38. The summed E-state index contributed by atoms with van der Waals surface area (Å²) in [6.07, 6.45) is 12.0. The Morgan fingerprint density at radius 3 is 2.16 bits per heavy atom. The fraction of sp³-hybridized carbons (Fsp3) is 0.609. The molecule has 2 heterocycles. The van der Waals surface area contributed by atoms with Crippen molar-refractivity contribution in [3.8, 4) is 5.88 Å². The van der Waals surface area contributed by atoms with Crippen LogP contribution in [0.3, 0.4) is 0 Å². The van der Waals surface area contributed by atoms with Gasteiger partial charge in [-0.05, 0) is 55.9 Å². The van der Waals surface area contributed by atoms with Crippen LogP contribution >= 0.6 is 12.2 Å². The summed E-state index contributed by atoms with van der Waals surface area (Å²) < 4.78 is 15.0. The van der Waals surface area contributed by atoms with Gasteiger partial charge in [-0.25, -0.2) is 9.59 Å². The molecule has 0 unspecified atom stereocenters. The van der Waals surface area contributed by atoms with Gasteiger partial charge in [-0.2, -0.15) is 0 Å². The number of aromatic nitrogens is 2. The topological polar surface area (TPSA) is 85.5 Å². The van der Waals surface area contributed by atoms with Gasteiger partial charge in [0, 0.05) is 25.9 Å². The SMILES string of the molecule is CCCCn1c([O-])c(/C=C/C=C2C(=O)OC3(CCCCC3)OC2=O)n(CCCC)c1=S. The van der Waals surface area contributed by atoms with Crippen molar-refractivity contribution in [2.45, 2.75) is 90.5 Å². The minimum Gasteiger partial charge on any atom is -0.859 e. The van der Waals surface area contributed by atoms with Crippen LogP contribution in [-0.4, -0.2) is 26.9 Å². The van der Waals surface area contributed by atoms with E-state index in [1.54, 1.807) is 10.6 Å². The summed E-state index contributed by atoms with van der Waals surface area (Å²) in [6, 6.07) is 0. The van der Waals surface area contributed by atoms with E-state index >= 15 is 0 Å². The lowest BCUT2D eigenvalue weighted by Crippen LogP contribution is -2.47. The Kier molecular flexibility index (Phi) is 7.75. The second-order valence-electron chi connectivity index (χ2n) is 8.17. The van der Waals surface area contributed by atoms with Crippen LogP contribution in [0.1, 0.15) is 77.3 Å². The highest BCUT2D eigenvalue weighted by Crippen LogP contribution is 2.37. The van der Waals surface area contributed by atoms with Crippen molar-refractivity contribution >= 4 is 30.2 Å². The molecule has 1 aliphatic carbocycles. The highest BCUT2D eigenvalue weighted by Gasteiger charge is 2.46. The average Bonchev–Trinajstić information content (AvgIpc) is 2.96. The number of carbonyl (C=O) groups is 2. The van der Waals surface area contributed by atoms with Crippen molar-refractivity contribution in [3.05, 3.63) is 28.2 Å². The first-order valence-corrected chi connectivity index (χ1v) is 11.7. The Labute approximate surface area is 188 Å². The Hall–Kier alpha value is -2.35. The molecule has 1 aromatic rings. The quantitative estimate of drug-likeness (QED) is 0.254. The van der Waals surface area contributed by atoms with Gasteiger partial charge < -0.3 is 23.7 Å². The van der Waals surface area contributed by atoms with E-state index in [9.17, 15) is 14.7 Å². The first-order valence-electron chi connectivity index (χ1n) is 11.3. The molecule has 0 bridgehead atoms. The third-order valence-electron chi connectivity index (χ3n) is 5.82. The van der Waals surface area contributed by atoms with Crippen LogP contribution in [0.15, 0.2) is 17.7 Å². The third-order valence-corrected chi connectivity index (χ3v) is 6.26. The van der Waals surface area contributed by atoms with Crippen LogP contribution in [0.2, 0.25) is 0 Å². The molecule has 31 heavy (non-hydrogen) atoms. The maximum absolute atomic E-state index is 12.9. The first kappa shape index (κ1) is 23.3. The van der Waals surface area contributed by atoms with Crippen LogP contribution in [0.25, 0.3) is 6.08 Å². The second kappa shape index (κ2) is 10.3. The molecule has 1 saturated carbocycles. The zero-order chi connectivity index (χ0) is 22.4. The molecule has 8 heteroatoms. The number of ether oxygens (including phenoxy) is 2. The molecule has 0 aromatic carbocycles. The van der Waals surface area contributed by atoms with Crippen molar-refractivity contribution in [2.24, 2.45) is 0 Å². The fourth-order valence-electron chi connectivity index (χ4n) is 4.01. The number of esters is 2. The highest BCUT2D eigenvalue weighted by atomic mass is 32.1. The molecule has 0 amide bonds. The molecule has 0 radical (unpaired) electrons. The van der Waals surface area contributed by atoms with Gasteiger partial charge >= 0.3 is 11.9 Å². The molecule has 3 rings (SSSR count). The number of nitrogens with zero attached hydrogens (tertiary/aromatic N) is 2. The van der Waals surface area contributed by atoms with E-state index < -0.39 is 17.7 Å². The van der Waals surface area contributed by atoms with Crippen LogP contribution < -0.4 is 5.11 Å². The summed E-state index contributed by atoms with van der Waals surface area (Å²) in [5, 5.41) is 12.9. The molecule has 1 saturated heterocycles. The van der Waals surface area contributed by atoms with E-state index in [4.69, 9.17) is 21.7 Å². The normalized spacial score (nSPS) is 18.5. The van der Waals surface area contributed by atoms with Gasteiger partial charge in [0.05, 0.1) is 5.69 Å². The Morgan fingerprint density at radius 1 is 1.00 bits per heavy atom. The number of carbonyl (C=O) groups excluding carboxylic acids is 2. The van der Waals surface area contributed by atoms with E-state index in [-0.39, 0.29) is 11.5 Å². The molecular weight excluding hydrogens is 416 g/mol. The number of allylic oxidation sites excluding steroid dienone is 2. The van der Waals surface area contributed by atoms with E-state index in [1.165, 1.54) is 12.2 Å². The van der Waals surface area contributed by atoms with E-state index in [0.29, 0.717) is 36.4 Å². The number of rotatable bonds is 8. The second-order valence-corrected chi connectivity index (χ2v) is 8.54. The summed E-state index contributed by atoms with van der Waals surface area (Å²) in [5.74, 6) is -2.60. The van der Waals surface area contributed by atoms with Crippen LogP contribution in [-0.2, 0) is 32.2 Å².